The normalized spacial score (nSPS) is 23.4. The molecule has 2 aliphatic heterocycles. The number of aromatic nitrogens is 1. The van der Waals surface area contributed by atoms with E-state index in [1.807, 2.05) is 13.8 Å². The summed E-state index contributed by atoms with van der Waals surface area (Å²) < 4.78 is 5.29. The second kappa shape index (κ2) is 7.28. The summed E-state index contributed by atoms with van der Waals surface area (Å²) in [5.74, 6) is 1.61. The van der Waals surface area contributed by atoms with E-state index in [-0.39, 0.29) is 17.4 Å². The Bertz CT molecular complexity index is 693. The SMILES string of the molecule is Cc1noc(C)c1CN1C(=O)CCC12CCN(C(=O)C1CCCCC1)CC2. The lowest BCUT2D eigenvalue weighted by Crippen LogP contribution is -2.54. The number of rotatable bonds is 3. The van der Waals surface area contributed by atoms with Gasteiger partial charge in [0.25, 0.3) is 0 Å². The Morgan fingerprint density at radius 1 is 1.15 bits per heavy atom. The quantitative estimate of drug-likeness (QED) is 0.815. The summed E-state index contributed by atoms with van der Waals surface area (Å²) in [6, 6.07) is 0. The highest BCUT2D eigenvalue weighted by molar-refractivity contribution is 5.81. The van der Waals surface area contributed by atoms with Crippen LogP contribution in [0.15, 0.2) is 4.52 Å². The second-order valence-electron chi connectivity index (χ2n) is 8.67. The van der Waals surface area contributed by atoms with Crippen molar-refractivity contribution in [2.75, 3.05) is 13.1 Å². The van der Waals surface area contributed by atoms with Crippen molar-refractivity contribution < 1.29 is 14.1 Å². The van der Waals surface area contributed by atoms with E-state index >= 15 is 0 Å². The molecule has 0 radical (unpaired) electrons. The summed E-state index contributed by atoms with van der Waals surface area (Å²) in [4.78, 5) is 29.7. The molecule has 2 saturated heterocycles. The van der Waals surface area contributed by atoms with Gasteiger partial charge >= 0.3 is 0 Å². The van der Waals surface area contributed by atoms with Crippen molar-refractivity contribution in [1.29, 1.82) is 0 Å². The van der Waals surface area contributed by atoms with Gasteiger partial charge in [0.1, 0.15) is 5.76 Å². The zero-order valence-corrected chi connectivity index (χ0v) is 16.6. The average molecular weight is 373 g/mol. The summed E-state index contributed by atoms with van der Waals surface area (Å²) in [5.41, 5.74) is 1.80. The van der Waals surface area contributed by atoms with Gasteiger partial charge in [-0.2, -0.15) is 0 Å². The number of hydrogen-bond donors (Lipinski definition) is 0. The van der Waals surface area contributed by atoms with Crippen molar-refractivity contribution in [1.82, 2.24) is 15.0 Å². The Morgan fingerprint density at radius 2 is 1.85 bits per heavy atom. The van der Waals surface area contributed by atoms with E-state index in [2.05, 4.69) is 15.0 Å². The average Bonchev–Trinajstić information content (AvgIpc) is 3.17. The number of carbonyl (C=O) groups is 2. The van der Waals surface area contributed by atoms with Crippen molar-refractivity contribution >= 4 is 11.8 Å². The molecule has 0 unspecified atom stereocenters. The van der Waals surface area contributed by atoms with Gasteiger partial charge in [0.05, 0.1) is 12.2 Å². The van der Waals surface area contributed by atoms with Crippen LogP contribution < -0.4 is 0 Å². The number of piperidine rings is 1. The molecular weight excluding hydrogens is 342 g/mol. The lowest BCUT2D eigenvalue weighted by atomic mass is 9.83. The molecule has 3 fully saturated rings. The number of carbonyl (C=O) groups excluding carboxylic acids is 2. The van der Waals surface area contributed by atoms with Crippen molar-refractivity contribution in [3.8, 4) is 0 Å². The van der Waals surface area contributed by atoms with E-state index in [0.717, 1.165) is 62.2 Å². The van der Waals surface area contributed by atoms with Gasteiger partial charge in [-0.1, -0.05) is 24.4 Å². The van der Waals surface area contributed by atoms with Crippen LogP contribution in [0.25, 0.3) is 0 Å². The van der Waals surface area contributed by atoms with Crippen LogP contribution in [0, 0.1) is 19.8 Å². The zero-order valence-electron chi connectivity index (χ0n) is 16.6. The predicted molar refractivity (Wildman–Crippen MR) is 101 cm³/mol. The van der Waals surface area contributed by atoms with E-state index in [1.54, 1.807) is 0 Å². The van der Waals surface area contributed by atoms with Crippen molar-refractivity contribution in [3.63, 3.8) is 0 Å². The molecule has 6 heteroatoms. The molecule has 3 heterocycles. The van der Waals surface area contributed by atoms with Gasteiger partial charge in [-0.15, -0.1) is 0 Å². The number of likely N-dealkylation sites (tertiary alicyclic amines) is 2. The number of aryl methyl sites for hydroxylation is 2. The summed E-state index contributed by atoms with van der Waals surface area (Å²) in [6.07, 6.45) is 9.05. The number of nitrogens with zero attached hydrogens (tertiary/aromatic N) is 3. The van der Waals surface area contributed by atoms with Crippen LogP contribution >= 0.6 is 0 Å². The van der Waals surface area contributed by atoms with Crippen LogP contribution in [0.1, 0.15) is 74.8 Å². The van der Waals surface area contributed by atoms with Crippen LogP contribution in [-0.2, 0) is 16.1 Å². The molecule has 0 aromatic carbocycles. The molecule has 0 bridgehead atoms. The van der Waals surface area contributed by atoms with Gasteiger partial charge in [-0.05, 0) is 46.0 Å². The van der Waals surface area contributed by atoms with Gasteiger partial charge in [-0.3, -0.25) is 9.59 Å². The topological polar surface area (TPSA) is 66.7 Å². The fourth-order valence-corrected chi connectivity index (χ4v) is 5.29. The predicted octanol–water partition coefficient (Wildman–Crippen LogP) is 3.36. The van der Waals surface area contributed by atoms with Crippen LogP contribution in [0.3, 0.4) is 0 Å². The van der Waals surface area contributed by atoms with E-state index in [9.17, 15) is 9.59 Å². The summed E-state index contributed by atoms with van der Waals surface area (Å²) >= 11 is 0. The molecule has 3 aliphatic rings. The molecule has 1 aliphatic carbocycles. The van der Waals surface area contributed by atoms with Crippen molar-refractivity contribution in [2.24, 2.45) is 5.92 Å². The molecule has 148 valence electrons. The second-order valence-corrected chi connectivity index (χ2v) is 8.67. The third-order valence-electron chi connectivity index (χ3n) is 7.14. The van der Waals surface area contributed by atoms with Gasteiger partial charge in [0.2, 0.25) is 11.8 Å². The highest BCUT2D eigenvalue weighted by Crippen LogP contribution is 2.41. The maximum absolute atomic E-state index is 12.9. The van der Waals surface area contributed by atoms with Gasteiger partial charge in [0.15, 0.2) is 0 Å². The summed E-state index contributed by atoms with van der Waals surface area (Å²) in [7, 11) is 0. The van der Waals surface area contributed by atoms with E-state index in [1.165, 1.54) is 19.3 Å². The van der Waals surface area contributed by atoms with E-state index < -0.39 is 0 Å². The maximum Gasteiger partial charge on any atom is 0.225 e. The van der Waals surface area contributed by atoms with E-state index in [4.69, 9.17) is 4.52 Å². The third-order valence-corrected chi connectivity index (χ3v) is 7.14. The largest absolute Gasteiger partial charge is 0.361 e. The minimum absolute atomic E-state index is 0.101. The molecule has 0 N–H and O–H groups in total. The highest BCUT2D eigenvalue weighted by Gasteiger charge is 2.48. The van der Waals surface area contributed by atoms with Crippen molar-refractivity contribution in [2.45, 2.75) is 83.7 Å². The van der Waals surface area contributed by atoms with Crippen LogP contribution in [0.5, 0.6) is 0 Å². The molecule has 1 aromatic rings. The minimum Gasteiger partial charge on any atom is -0.361 e. The first-order valence-corrected chi connectivity index (χ1v) is 10.5. The fraction of sp³-hybridized carbons (Fsp3) is 0.762. The third kappa shape index (κ3) is 3.39. The fourth-order valence-electron chi connectivity index (χ4n) is 5.29. The summed E-state index contributed by atoms with van der Waals surface area (Å²) in [5, 5.41) is 4.04. The van der Waals surface area contributed by atoms with Crippen molar-refractivity contribution in [3.05, 3.63) is 17.0 Å². The lowest BCUT2D eigenvalue weighted by molar-refractivity contribution is -0.140. The Labute approximate surface area is 161 Å². The Kier molecular flexibility index (Phi) is 4.99. The molecular formula is C21H31N3O3. The van der Waals surface area contributed by atoms with Gasteiger partial charge in [-0.25, -0.2) is 0 Å². The molecule has 4 rings (SSSR count). The maximum atomic E-state index is 12.9. The summed E-state index contributed by atoms with van der Waals surface area (Å²) in [6.45, 7) is 5.98. The Morgan fingerprint density at radius 3 is 2.48 bits per heavy atom. The van der Waals surface area contributed by atoms with Gasteiger partial charge in [0, 0.05) is 36.5 Å². The first-order valence-electron chi connectivity index (χ1n) is 10.5. The van der Waals surface area contributed by atoms with Gasteiger partial charge < -0.3 is 14.3 Å². The molecule has 6 nitrogen and oxygen atoms in total. The van der Waals surface area contributed by atoms with Crippen LogP contribution in [-0.4, -0.2) is 45.4 Å². The Hall–Kier alpha value is -1.85. The smallest absolute Gasteiger partial charge is 0.225 e. The highest BCUT2D eigenvalue weighted by atomic mass is 16.5. The molecule has 1 spiro atoms. The minimum atomic E-state index is -0.101. The first-order chi connectivity index (χ1) is 13.0. The van der Waals surface area contributed by atoms with Crippen LogP contribution in [0.2, 0.25) is 0 Å². The molecule has 0 atom stereocenters. The first kappa shape index (κ1) is 18.5. The van der Waals surface area contributed by atoms with Crippen LogP contribution in [0.4, 0.5) is 0 Å². The lowest BCUT2D eigenvalue weighted by Gasteiger charge is -2.45. The zero-order chi connectivity index (χ0) is 19.0. The molecule has 1 saturated carbocycles. The molecule has 1 aromatic heterocycles. The molecule has 27 heavy (non-hydrogen) atoms. The van der Waals surface area contributed by atoms with E-state index in [0.29, 0.717) is 18.9 Å². The monoisotopic (exact) mass is 373 g/mol. The number of hydrogen-bond acceptors (Lipinski definition) is 4. The standard InChI is InChI=1S/C21H31N3O3/c1-15-18(16(2)27-22-15)14-24-19(25)8-9-21(24)10-12-23(13-11-21)20(26)17-6-4-3-5-7-17/h17H,3-14H2,1-2H3. The number of amides is 2. The Balaban J connectivity index is 1.44. The molecule has 2 amide bonds.